The van der Waals surface area contributed by atoms with Gasteiger partial charge in [-0.3, -0.25) is 4.79 Å². The topological polar surface area (TPSA) is 98.5 Å². The molecule has 2 heterocycles. The number of carbonyl (C=O) groups is 1. The zero-order valence-corrected chi connectivity index (χ0v) is 12.8. The molecule has 0 fully saturated rings. The molecule has 1 aliphatic heterocycles. The van der Waals surface area contributed by atoms with Gasteiger partial charge in [0, 0.05) is 13.0 Å². The molecular formula is C16H18N4O3. The minimum atomic E-state index is -0.0976. The third-order valence-corrected chi connectivity index (χ3v) is 3.43. The number of benzene rings is 1. The average Bonchev–Trinajstić information content (AvgIpc) is 3.02. The lowest BCUT2D eigenvalue weighted by molar-refractivity contribution is -0.115. The summed E-state index contributed by atoms with van der Waals surface area (Å²) in [4.78, 5) is 15.6. The maximum atomic E-state index is 11.4. The summed E-state index contributed by atoms with van der Waals surface area (Å²) < 4.78 is 10.6. The van der Waals surface area contributed by atoms with E-state index in [0.717, 1.165) is 17.1 Å². The number of fused-ring (bicyclic) bond motifs is 1. The van der Waals surface area contributed by atoms with Crippen LogP contribution in [0.4, 0.5) is 17.3 Å². The summed E-state index contributed by atoms with van der Waals surface area (Å²) in [6.45, 7) is 2.61. The van der Waals surface area contributed by atoms with Gasteiger partial charge in [-0.15, -0.1) is 0 Å². The van der Waals surface area contributed by atoms with Gasteiger partial charge in [-0.1, -0.05) is 13.0 Å². The highest BCUT2D eigenvalue weighted by molar-refractivity contribution is 5.93. The molecule has 2 aromatic rings. The highest BCUT2D eigenvalue weighted by Crippen LogP contribution is 2.32. The van der Waals surface area contributed by atoms with Crippen LogP contribution in [0.25, 0.3) is 0 Å². The normalized spacial score (nSPS) is 12.0. The van der Waals surface area contributed by atoms with Gasteiger partial charge in [-0.25, -0.2) is 4.98 Å². The van der Waals surface area contributed by atoms with Crippen LogP contribution in [0, 0.1) is 0 Å². The average molecular weight is 314 g/mol. The Morgan fingerprint density at radius 2 is 2.09 bits per heavy atom. The van der Waals surface area contributed by atoms with Crippen molar-refractivity contribution in [3.8, 4) is 11.5 Å². The van der Waals surface area contributed by atoms with E-state index in [2.05, 4.69) is 15.6 Å². The monoisotopic (exact) mass is 314 g/mol. The number of nitrogens with one attached hydrogen (secondary N) is 2. The van der Waals surface area contributed by atoms with Crippen LogP contribution in [0.2, 0.25) is 0 Å². The summed E-state index contributed by atoms with van der Waals surface area (Å²) in [7, 11) is 0. The molecule has 7 nitrogen and oxygen atoms in total. The Hall–Kier alpha value is -2.96. The van der Waals surface area contributed by atoms with Gasteiger partial charge in [0.05, 0.1) is 5.69 Å². The third-order valence-electron chi connectivity index (χ3n) is 3.43. The van der Waals surface area contributed by atoms with E-state index in [-0.39, 0.29) is 18.5 Å². The fourth-order valence-corrected chi connectivity index (χ4v) is 2.16. The Bertz CT molecular complexity index is 733. The molecule has 1 aromatic carbocycles. The Morgan fingerprint density at radius 3 is 2.87 bits per heavy atom. The Kier molecular flexibility index (Phi) is 4.18. The maximum absolute atomic E-state index is 11.4. The van der Waals surface area contributed by atoms with Crippen molar-refractivity contribution < 1.29 is 14.3 Å². The van der Waals surface area contributed by atoms with E-state index in [4.69, 9.17) is 15.2 Å². The largest absolute Gasteiger partial charge is 0.454 e. The lowest BCUT2D eigenvalue weighted by Crippen LogP contribution is -2.12. The number of amides is 1. The Balaban J connectivity index is 1.64. The van der Waals surface area contributed by atoms with Gasteiger partial charge < -0.3 is 25.8 Å². The quantitative estimate of drug-likeness (QED) is 0.783. The van der Waals surface area contributed by atoms with Gasteiger partial charge in [0.1, 0.15) is 11.6 Å². The van der Waals surface area contributed by atoms with Gasteiger partial charge in [0.25, 0.3) is 0 Å². The number of nitrogen functional groups attached to an aromatic ring is 1. The molecular weight excluding hydrogens is 296 g/mol. The molecule has 0 spiro atoms. The number of ether oxygens (including phenoxy) is 2. The first kappa shape index (κ1) is 15.0. The number of nitrogens with zero attached hydrogens (tertiary/aromatic N) is 1. The van der Waals surface area contributed by atoms with Crippen molar-refractivity contribution in [2.24, 2.45) is 0 Å². The molecule has 23 heavy (non-hydrogen) atoms. The Morgan fingerprint density at radius 1 is 1.26 bits per heavy atom. The van der Waals surface area contributed by atoms with Gasteiger partial charge in [-0.05, 0) is 29.8 Å². The van der Waals surface area contributed by atoms with Crippen LogP contribution >= 0.6 is 0 Å². The molecule has 3 rings (SSSR count). The lowest BCUT2D eigenvalue weighted by atomic mass is 10.2. The van der Waals surface area contributed by atoms with Crippen molar-refractivity contribution in [2.45, 2.75) is 19.9 Å². The predicted molar refractivity (Wildman–Crippen MR) is 87.5 cm³/mol. The number of anilines is 3. The first-order valence-corrected chi connectivity index (χ1v) is 7.34. The van der Waals surface area contributed by atoms with E-state index in [0.29, 0.717) is 24.5 Å². The zero-order valence-electron chi connectivity index (χ0n) is 12.8. The predicted octanol–water partition coefficient (Wildman–Crippen LogP) is 2.35. The molecule has 1 aliphatic rings. The fraction of sp³-hybridized carbons (Fsp3) is 0.250. The smallest absolute Gasteiger partial charge is 0.231 e. The zero-order chi connectivity index (χ0) is 16.2. The second-order valence-corrected chi connectivity index (χ2v) is 5.07. The van der Waals surface area contributed by atoms with E-state index in [9.17, 15) is 4.79 Å². The summed E-state index contributed by atoms with van der Waals surface area (Å²) in [5.41, 5.74) is 7.42. The molecule has 7 heteroatoms. The molecule has 1 amide bonds. The minimum absolute atomic E-state index is 0.0976. The van der Waals surface area contributed by atoms with E-state index < -0.39 is 0 Å². The van der Waals surface area contributed by atoms with Crippen molar-refractivity contribution in [3.05, 3.63) is 35.9 Å². The Labute approximate surface area is 133 Å². The summed E-state index contributed by atoms with van der Waals surface area (Å²) in [5, 5.41) is 5.89. The summed E-state index contributed by atoms with van der Waals surface area (Å²) in [5.74, 6) is 2.32. The fourth-order valence-electron chi connectivity index (χ4n) is 2.16. The number of hydrogen-bond acceptors (Lipinski definition) is 6. The van der Waals surface area contributed by atoms with Crippen molar-refractivity contribution in [2.75, 3.05) is 23.2 Å². The number of aromatic nitrogens is 1. The highest BCUT2D eigenvalue weighted by Gasteiger charge is 2.13. The molecule has 0 aliphatic carbocycles. The number of carbonyl (C=O) groups excluding carboxylic acids is 1. The standard InChI is InChI=1S/C16H18N4O3/c1-2-15(21)19-11-4-6-14(20-16(11)17)18-8-10-3-5-12-13(7-10)23-9-22-12/h3-7H,2,8-9H2,1H3,(H,19,21)(H3,17,18,20). The third kappa shape index (κ3) is 3.45. The first-order chi connectivity index (χ1) is 11.2. The maximum Gasteiger partial charge on any atom is 0.231 e. The lowest BCUT2D eigenvalue weighted by Gasteiger charge is -2.10. The number of rotatable bonds is 5. The molecule has 0 unspecified atom stereocenters. The van der Waals surface area contributed by atoms with Crippen LogP contribution < -0.4 is 25.8 Å². The molecule has 0 atom stereocenters. The molecule has 4 N–H and O–H groups in total. The molecule has 0 radical (unpaired) electrons. The molecule has 0 saturated heterocycles. The van der Waals surface area contributed by atoms with Crippen LogP contribution in [-0.2, 0) is 11.3 Å². The van der Waals surface area contributed by atoms with Crippen LogP contribution in [0.1, 0.15) is 18.9 Å². The first-order valence-electron chi connectivity index (χ1n) is 7.34. The van der Waals surface area contributed by atoms with E-state index in [1.807, 2.05) is 18.2 Å². The van der Waals surface area contributed by atoms with Gasteiger partial charge in [0.2, 0.25) is 12.7 Å². The van der Waals surface area contributed by atoms with Crippen LogP contribution in [0.5, 0.6) is 11.5 Å². The molecule has 1 aromatic heterocycles. The van der Waals surface area contributed by atoms with Gasteiger partial charge in [0.15, 0.2) is 11.5 Å². The summed E-state index contributed by atoms with van der Waals surface area (Å²) in [6.07, 6.45) is 0.392. The van der Waals surface area contributed by atoms with Gasteiger partial charge in [-0.2, -0.15) is 0 Å². The minimum Gasteiger partial charge on any atom is -0.454 e. The van der Waals surface area contributed by atoms with Crippen molar-refractivity contribution >= 4 is 23.2 Å². The van der Waals surface area contributed by atoms with Crippen LogP contribution in [0.3, 0.4) is 0 Å². The second kappa shape index (κ2) is 6.43. The summed E-state index contributed by atoms with van der Waals surface area (Å²) in [6, 6.07) is 9.27. The molecule has 0 bridgehead atoms. The van der Waals surface area contributed by atoms with E-state index >= 15 is 0 Å². The number of hydrogen-bond donors (Lipinski definition) is 3. The van der Waals surface area contributed by atoms with Crippen molar-refractivity contribution in [1.29, 1.82) is 0 Å². The van der Waals surface area contributed by atoms with Gasteiger partial charge >= 0.3 is 0 Å². The second-order valence-electron chi connectivity index (χ2n) is 5.07. The van der Waals surface area contributed by atoms with E-state index in [1.165, 1.54) is 0 Å². The number of pyridine rings is 1. The number of nitrogens with two attached hydrogens (primary N) is 1. The van der Waals surface area contributed by atoms with Crippen LogP contribution in [0.15, 0.2) is 30.3 Å². The molecule has 0 saturated carbocycles. The van der Waals surface area contributed by atoms with Crippen LogP contribution in [-0.4, -0.2) is 17.7 Å². The van der Waals surface area contributed by atoms with Crippen molar-refractivity contribution in [3.63, 3.8) is 0 Å². The highest BCUT2D eigenvalue weighted by atomic mass is 16.7. The van der Waals surface area contributed by atoms with E-state index in [1.54, 1.807) is 19.1 Å². The summed E-state index contributed by atoms with van der Waals surface area (Å²) >= 11 is 0. The SMILES string of the molecule is CCC(=O)Nc1ccc(NCc2ccc3c(c2)OCO3)nc1N. The molecule has 120 valence electrons. The van der Waals surface area contributed by atoms with Crippen molar-refractivity contribution in [1.82, 2.24) is 4.98 Å².